The lowest BCUT2D eigenvalue weighted by Gasteiger charge is -2.19. The van der Waals surface area contributed by atoms with Gasteiger partial charge in [-0.1, -0.05) is 30.3 Å². The van der Waals surface area contributed by atoms with Crippen LogP contribution in [0.4, 0.5) is 0 Å². The quantitative estimate of drug-likeness (QED) is 0.682. The predicted octanol–water partition coefficient (Wildman–Crippen LogP) is 2.67. The van der Waals surface area contributed by atoms with Crippen LogP contribution in [0.2, 0.25) is 0 Å². The van der Waals surface area contributed by atoms with Crippen LogP contribution in [-0.4, -0.2) is 48.1 Å². The van der Waals surface area contributed by atoms with Gasteiger partial charge in [-0.2, -0.15) is 0 Å². The lowest BCUT2D eigenvalue weighted by atomic mass is 10.1. The van der Waals surface area contributed by atoms with Crippen molar-refractivity contribution in [1.82, 2.24) is 9.29 Å². The number of rotatable bonds is 10. The standard InChI is InChI=1S/C17H22N2O4S2/c1-25(22,23)19(11-5-9-14-7-3-2-4-8-14)12-6-10-16-18-15(13-24-16)17(20)21/h2-4,7-8,13H,5-6,9-12H2,1H3,(H,20,21). The second-order valence-electron chi connectivity index (χ2n) is 5.79. The molecular formula is C17H22N2O4S2. The molecule has 2 rings (SSSR count). The largest absolute Gasteiger partial charge is 0.476 e. The first-order chi connectivity index (χ1) is 11.9. The lowest BCUT2D eigenvalue weighted by Crippen LogP contribution is -2.32. The average Bonchev–Trinajstić information content (AvgIpc) is 3.02. The van der Waals surface area contributed by atoms with Crippen LogP contribution in [0.5, 0.6) is 0 Å². The zero-order valence-electron chi connectivity index (χ0n) is 14.1. The van der Waals surface area contributed by atoms with Gasteiger partial charge in [-0.3, -0.25) is 0 Å². The van der Waals surface area contributed by atoms with Crippen molar-refractivity contribution in [2.24, 2.45) is 0 Å². The van der Waals surface area contributed by atoms with Gasteiger partial charge < -0.3 is 5.11 Å². The molecule has 0 saturated heterocycles. The molecule has 0 radical (unpaired) electrons. The number of carboxylic acid groups (broad SMARTS) is 1. The number of aryl methyl sites for hydroxylation is 2. The fourth-order valence-electron chi connectivity index (χ4n) is 2.48. The van der Waals surface area contributed by atoms with Crippen molar-refractivity contribution in [2.45, 2.75) is 25.7 Å². The van der Waals surface area contributed by atoms with Crippen LogP contribution in [0.25, 0.3) is 0 Å². The smallest absolute Gasteiger partial charge is 0.355 e. The topological polar surface area (TPSA) is 87.6 Å². The Morgan fingerprint density at radius 3 is 2.36 bits per heavy atom. The van der Waals surface area contributed by atoms with Crippen LogP contribution in [0.15, 0.2) is 35.7 Å². The molecule has 0 saturated carbocycles. The van der Waals surface area contributed by atoms with E-state index in [4.69, 9.17) is 5.11 Å². The maximum absolute atomic E-state index is 11.9. The number of carbonyl (C=O) groups is 1. The number of benzene rings is 1. The highest BCUT2D eigenvalue weighted by Gasteiger charge is 2.16. The van der Waals surface area contributed by atoms with Crippen molar-refractivity contribution in [3.8, 4) is 0 Å². The summed E-state index contributed by atoms with van der Waals surface area (Å²) in [7, 11) is -3.26. The summed E-state index contributed by atoms with van der Waals surface area (Å²) in [6.07, 6.45) is 4.01. The Hall–Kier alpha value is -1.77. The molecule has 8 heteroatoms. The maximum Gasteiger partial charge on any atom is 0.355 e. The first kappa shape index (κ1) is 19.6. The molecule has 0 unspecified atom stereocenters. The molecule has 0 aliphatic heterocycles. The number of hydrogen-bond acceptors (Lipinski definition) is 5. The number of hydrogen-bond donors (Lipinski definition) is 1. The molecule has 0 fully saturated rings. The summed E-state index contributed by atoms with van der Waals surface area (Å²) in [5.74, 6) is -1.04. The van der Waals surface area contributed by atoms with Gasteiger partial charge in [-0.05, 0) is 24.8 Å². The Bertz CT molecular complexity index is 788. The van der Waals surface area contributed by atoms with E-state index in [2.05, 4.69) is 4.98 Å². The van der Waals surface area contributed by atoms with Crippen molar-refractivity contribution in [3.63, 3.8) is 0 Å². The SMILES string of the molecule is CS(=O)(=O)N(CCCc1ccccc1)CCCc1nc(C(=O)O)cs1. The zero-order chi connectivity index (χ0) is 18.3. The van der Waals surface area contributed by atoms with Gasteiger partial charge >= 0.3 is 5.97 Å². The maximum atomic E-state index is 11.9. The third-order valence-corrected chi connectivity index (χ3v) is 5.97. The minimum absolute atomic E-state index is 0.0443. The molecule has 0 spiro atoms. The number of sulfonamides is 1. The summed E-state index contributed by atoms with van der Waals surface area (Å²) in [5, 5.41) is 11.1. The van der Waals surface area contributed by atoms with Crippen LogP contribution in [0.1, 0.15) is 33.9 Å². The van der Waals surface area contributed by atoms with E-state index in [1.807, 2.05) is 30.3 Å². The molecule has 25 heavy (non-hydrogen) atoms. The fraction of sp³-hybridized carbons (Fsp3) is 0.412. The zero-order valence-corrected chi connectivity index (χ0v) is 15.7. The van der Waals surface area contributed by atoms with Gasteiger partial charge in [-0.25, -0.2) is 22.5 Å². The molecule has 0 amide bonds. The Morgan fingerprint density at radius 2 is 1.80 bits per heavy atom. The Morgan fingerprint density at radius 1 is 1.16 bits per heavy atom. The van der Waals surface area contributed by atoms with Gasteiger partial charge in [0.25, 0.3) is 0 Å². The van der Waals surface area contributed by atoms with Gasteiger partial charge in [0.05, 0.1) is 11.3 Å². The molecule has 1 aromatic carbocycles. The summed E-state index contributed by atoms with van der Waals surface area (Å²) < 4.78 is 25.4. The third kappa shape index (κ3) is 6.56. The third-order valence-electron chi connectivity index (χ3n) is 3.75. The molecule has 1 N–H and O–H groups in total. The van der Waals surface area contributed by atoms with Crippen LogP contribution >= 0.6 is 11.3 Å². The highest BCUT2D eigenvalue weighted by molar-refractivity contribution is 7.88. The molecule has 6 nitrogen and oxygen atoms in total. The number of nitrogens with zero attached hydrogens (tertiary/aromatic N) is 2. The number of aromatic nitrogens is 1. The van der Waals surface area contributed by atoms with Crippen LogP contribution in [0, 0.1) is 0 Å². The van der Waals surface area contributed by atoms with E-state index in [9.17, 15) is 13.2 Å². The Balaban J connectivity index is 1.82. The monoisotopic (exact) mass is 382 g/mol. The summed E-state index contributed by atoms with van der Waals surface area (Å²) in [5.41, 5.74) is 1.24. The van der Waals surface area contributed by atoms with Crippen LogP contribution in [-0.2, 0) is 22.9 Å². The molecule has 0 aliphatic rings. The van der Waals surface area contributed by atoms with E-state index in [1.54, 1.807) is 0 Å². The Labute approximate surface area is 152 Å². The van der Waals surface area contributed by atoms with Gasteiger partial charge in [0, 0.05) is 24.9 Å². The minimum Gasteiger partial charge on any atom is -0.476 e. The van der Waals surface area contributed by atoms with E-state index in [1.165, 1.54) is 32.8 Å². The molecule has 2 aromatic rings. The van der Waals surface area contributed by atoms with Crippen LogP contribution in [0.3, 0.4) is 0 Å². The molecule has 0 atom stereocenters. The van der Waals surface area contributed by atoms with Crippen molar-refractivity contribution < 1.29 is 18.3 Å². The van der Waals surface area contributed by atoms with Gasteiger partial charge in [0.2, 0.25) is 10.0 Å². The summed E-state index contributed by atoms with van der Waals surface area (Å²) in [6, 6.07) is 9.98. The molecular weight excluding hydrogens is 360 g/mol. The highest BCUT2D eigenvalue weighted by Crippen LogP contribution is 2.13. The highest BCUT2D eigenvalue weighted by atomic mass is 32.2. The van der Waals surface area contributed by atoms with Gasteiger partial charge in [-0.15, -0.1) is 11.3 Å². The molecule has 1 aromatic heterocycles. The predicted molar refractivity (Wildman–Crippen MR) is 98.6 cm³/mol. The second kappa shape index (κ2) is 9.07. The first-order valence-corrected chi connectivity index (χ1v) is 10.8. The second-order valence-corrected chi connectivity index (χ2v) is 8.71. The van der Waals surface area contributed by atoms with Crippen molar-refractivity contribution in [1.29, 1.82) is 0 Å². The average molecular weight is 383 g/mol. The number of thiazole rings is 1. The van der Waals surface area contributed by atoms with Crippen molar-refractivity contribution >= 4 is 27.3 Å². The molecule has 136 valence electrons. The number of carboxylic acids is 1. The van der Waals surface area contributed by atoms with Crippen molar-refractivity contribution in [2.75, 3.05) is 19.3 Å². The number of aromatic carboxylic acids is 1. The Kier molecular flexibility index (Phi) is 7.10. The summed E-state index contributed by atoms with van der Waals surface area (Å²) in [4.78, 5) is 14.8. The fourth-order valence-corrected chi connectivity index (χ4v) is 4.21. The molecule has 0 aliphatic carbocycles. The normalized spacial score (nSPS) is 11.8. The van der Waals surface area contributed by atoms with Crippen molar-refractivity contribution in [3.05, 3.63) is 52.0 Å². The molecule has 1 heterocycles. The van der Waals surface area contributed by atoms with Gasteiger partial charge in [0.15, 0.2) is 5.69 Å². The van der Waals surface area contributed by atoms with E-state index < -0.39 is 16.0 Å². The minimum atomic E-state index is -3.26. The van der Waals surface area contributed by atoms with E-state index in [0.717, 1.165) is 17.8 Å². The van der Waals surface area contributed by atoms with E-state index in [0.29, 0.717) is 25.9 Å². The summed E-state index contributed by atoms with van der Waals surface area (Å²) in [6.45, 7) is 0.890. The lowest BCUT2D eigenvalue weighted by molar-refractivity contribution is 0.0691. The summed E-state index contributed by atoms with van der Waals surface area (Å²) >= 11 is 1.29. The van der Waals surface area contributed by atoms with Gasteiger partial charge in [0.1, 0.15) is 0 Å². The first-order valence-electron chi connectivity index (χ1n) is 8.03. The molecule has 0 bridgehead atoms. The van der Waals surface area contributed by atoms with Crippen LogP contribution < -0.4 is 0 Å². The van der Waals surface area contributed by atoms with E-state index >= 15 is 0 Å². The van der Waals surface area contributed by atoms with E-state index in [-0.39, 0.29) is 5.69 Å².